The van der Waals surface area contributed by atoms with Crippen molar-refractivity contribution >= 4 is 6.09 Å². The van der Waals surface area contributed by atoms with Crippen LogP contribution in [0, 0.1) is 5.41 Å². The van der Waals surface area contributed by atoms with Crippen molar-refractivity contribution in [2.24, 2.45) is 5.41 Å². The van der Waals surface area contributed by atoms with Crippen LogP contribution in [0.25, 0.3) is 0 Å². The number of hydrogen-bond donors (Lipinski definition) is 2. The van der Waals surface area contributed by atoms with Crippen molar-refractivity contribution in [2.45, 2.75) is 45.6 Å². The van der Waals surface area contributed by atoms with E-state index in [-0.39, 0.29) is 24.7 Å². The zero-order valence-corrected chi connectivity index (χ0v) is 11.6. The van der Waals surface area contributed by atoms with Crippen LogP contribution in [0.4, 0.5) is 4.79 Å². The first-order chi connectivity index (χ1) is 8.32. The minimum absolute atomic E-state index is 0.00709. The summed E-state index contributed by atoms with van der Waals surface area (Å²) < 4.78 is 5.34. The van der Waals surface area contributed by atoms with Gasteiger partial charge in [-0.05, 0) is 40.0 Å². The van der Waals surface area contributed by atoms with Crippen LogP contribution < -0.4 is 0 Å². The van der Waals surface area contributed by atoms with Crippen LogP contribution in [0.5, 0.6) is 0 Å². The highest BCUT2D eigenvalue weighted by atomic mass is 16.6. The maximum Gasteiger partial charge on any atom is 0.410 e. The molecule has 0 unspecified atom stereocenters. The number of rotatable bonds is 3. The van der Waals surface area contributed by atoms with E-state index in [1.807, 2.05) is 20.8 Å². The Kier molecular flexibility index (Phi) is 4.99. The zero-order chi connectivity index (χ0) is 13.8. The monoisotopic (exact) mass is 259 g/mol. The molecule has 1 atom stereocenters. The van der Waals surface area contributed by atoms with E-state index in [9.17, 15) is 9.90 Å². The molecular weight excluding hydrogens is 234 g/mol. The fourth-order valence-corrected chi connectivity index (χ4v) is 2.34. The summed E-state index contributed by atoms with van der Waals surface area (Å²) in [7, 11) is 0. The summed E-state index contributed by atoms with van der Waals surface area (Å²) in [6, 6.07) is 0. The molecule has 1 heterocycles. The molecule has 0 saturated carbocycles. The third-order valence-electron chi connectivity index (χ3n) is 3.29. The summed E-state index contributed by atoms with van der Waals surface area (Å²) in [4.78, 5) is 13.6. The van der Waals surface area contributed by atoms with Crippen LogP contribution in [0.1, 0.15) is 40.0 Å². The third kappa shape index (κ3) is 4.14. The van der Waals surface area contributed by atoms with Crippen molar-refractivity contribution in [3.05, 3.63) is 0 Å². The minimum atomic E-state index is -0.507. The van der Waals surface area contributed by atoms with Gasteiger partial charge in [0.2, 0.25) is 0 Å². The van der Waals surface area contributed by atoms with Crippen LogP contribution in [0.15, 0.2) is 0 Å². The van der Waals surface area contributed by atoms with Gasteiger partial charge in [-0.3, -0.25) is 0 Å². The van der Waals surface area contributed by atoms with Gasteiger partial charge in [0.05, 0.1) is 6.61 Å². The number of ether oxygens (including phenoxy) is 1. The Morgan fingerprint density at radius 2 is 2.06 bits per heavy atom. The van der Waals surface area contributed by atoms with E-state index in [1.54, 1.807) is 4.90 Å². The summed E-state index contributed by atoms with van der Waals surface area (Å²) in [5.74, 6) is 0. The molecule has 0 spiro atoms. The molecule has 0 radical (unpaired) electrons. The molecule has 0 bridgehead atoms. The summed E-state index contributed by atoms with van der Waals surface area (Å²) >= 11 is 0. The van der Waals surface area contributed by atoms with Crippen LogP contribution >= 0.6 is 0 Å². The largest absolute Gasteiger partial charge is 0.444 e. The van der Waals surface area contributed by atoms with Gasteiger partial charge in [0.15, 0.2) is 0 Å². The first-order valence-corrected chi connectivity index (χ1v) is 6.52. The van der Waals surface area contributed by atoms with Crippen molar-refractivity contribution < 1.29 is 19.7 Å². The van der Waals surface area contributed by atoms with Crippen molar-refractivity contribution in [3.63, 3.8) is 0 Å². The second-order valence-corrected chi connectivity index (χ2v) is 6.14. The SMILES string of the molecule is CC(C)(C)OC(=O)N1CCC[C@@](CO)(CCO)C1. The van der Waals surface area contributed by atoms with Gasteiger partial charge in [-0.15, -0.1) is 0 Å². The molecular formula is C13H25NO4. The lowest BCUT2D eigenvalue weighted by Crippen LogP contribution is -2.49. The molecule has 2 N–H and O–H groups in total. The van der Waals surface area contributed by atoms with E-state index in [4.69, 9.17) is 9.84 Å². The summed E-state index contributed by atoms with van der Waals surface area (Å²) in [5, 5.41) is 18.6. The number of aliphatic hydroxyl groups excluding tert-OH is 2. The van der Waals surface area contributed by atoms with Gasteiger partial charge in [-0.25, -0.2) is 4.79 Å². The molecule has 0 aliphatic carbocycles. The second-order valence-electron chi connectivity index (χ2n) is 6.14. The summed E-state index contributed by atoms with van der Waals surface area (Å²) in [6.45, 7) is 6.64. The number of hydrogen-bond acceptors (Lipinski definition) is 4. The van der Waals surface area contributed by atoms with Crippen LogP contribution in [-0.2, 0) is 4.74 Å². The Morgan fingerprint density at radius 1 is 1.39 bits per heavy atom. The number of likely N-dealkylation sites (tertiary alicyclic amines) is 1. The fourth-order valence-electron chi connectivity index (χ4n) is 2.34. The topological polar surface area (TPSA) is 70.0 Å². The van der Waals surface area contributed by atoms with Crippen molar-refractivity contribution in [1.29, 1.82) is 0 Å². The predicted octanol–water partition coefficient (Wildman–Crippen LogP) is 1.38. The van der Waals surface area contributed by atoms with Crippen LogP contribution in [0.2, 0.25) is 0 Å². The standard InChI is InChI=1S/C13H25NO4/c1-12(2,3)18-11(17)14-7-4-5-13(9-14,10-16)6-8-15/h15-16H,4-10H2,1-3H3/t13-/m1/s1. The maximum absolute atomic E-state index is 12.0. The number of carbonyl (C=O) groups is 1. The van der Waals surface area contributed by atoms with E-state index >= 15 is 0 Å². The average molecular weight is 259 g/mol. The van der Waals surface area contributed by atoms with Crippen molar-refractivity contribution in [2.75, 3.05) is 26.3 Å². The Balaban J connectivity index is 2.65. The number of nitrogens with zero attached hydrogens (tertiary/aromatic N) is 1. The molecule has 1 saturated heterocycles. The Hall–Kier alpha value is -0.810. The highest BCUT2D eigenvalue weighted by Gasteiger charge is 2.37. The molecule has 1 fully saturated rings. The van der Waals surface area contributed by atoms with Gasteiger partial charge in [0.1, 0.15) is 5.60 Å². The Bertz CT molecular complexity index is 283. The van der Waals surface area contributed by atoms with E-state index in [2.05, 4.69) is 0 Å². The summed E-state index contributed by atoms with van der Waals surface area (Å²) in [5.41, 5.74) is -0.878. The maximum atomic E-state index is 12.0. The smallest absolute Gasteiger partial charge is 0.410 e. The molecule has 106 valence electrons. The first kappa shape index (κ1) is 15.2. The molecule has 1 amide bonds. The molecule has 18 heavy (non-hydrogen) atoms. The predicted molar refractivity (Wildman–Crippen MR) is 68.3 cm³/mol. The van der Waals surface area contributed by atoms with E-state index in [0.29, 0.717) is 19.5 Å². The number of carbonyl (C=O) groups excluding carboxylic acids is 1. The molecule has 0 aromatic heterocycles. The Morgan fingerprint density at radius 3 is 2.56 bits per heavy atom. The van der Waals surface area contributed by atoms with Gasteiger partial charge in [0, 0.05) is 25.1 Å². The fraction of sp³-hybridized carbons (Fsp3) is 0.923. The highest BCUT2D eigenvalue weighted by Crippen LogP contribution is 2.33. The number of amides is 1. The average Bonchev–Trinajstić information content (AvgIpc) is 2.27. The first-order valence-electron chi connectivity index (χ1n) is 6.52. The molecule has 5 heteroatoms. The van der Waals surface area contributed by atoms with Gasteiger partial charge in [-0.2, -0.15) is 0 Å². The van der Waals surface area contributed by atoms with E-state index in [0.717, 1.165) is 12.8 Å². The molecule has 0 aromatic rings. The van der Waals surface area contributed by atoms with Crippen LogP contribution in [0.3, 0.4) is 0 Å². The lowest BCUT2D eigenvalue weighted by Gasteiger charge is -2.41. The normalized spacial score (nSPS) is 25.1. The lowest BCUT2D eigenvalue weighted by atomic mass is 9.78. The number of aliphatic hydroxyl groups is 2. The van der Waals surface area contributed by atoms with Gasteiger partial charge in [-0.1, -0.05) is 0 Å². The number of piperidine rings is 1. The zero-order valence-electron chi connectivity index (χ0n) is 11.6. The van der Waals surface area contributed by atoms with E-state index < -0.39 is 5.60 Å². The van der Waals surface area contributed by atoms with Crippen LogP contribution in [-0.4, -0.2) is 53.1 Å². The molecule has 0 aromatic carbocycles. The Labute approximate surface area is 109 Å². The summed E-state index contributed by atoms with van der Waals surface area (Å²) in [6.07, 6.45) is 1.85. The van der Waals surface area contributed by atoms with E-state index in [1.165, 1.54) is 0 Å². The molecule has 1 rings (SSSR count). The van der Waals surface area contributed by atoms with Crippen molar-refractivity contribution in [3.8, 4) is 0 Å². The van der Waals surface area contributed by atoms with Gasteiger partial charge >= 0.3 is 6.09 Å². The quantitative estimate of drug-likeness (QED) is 0.803. The molecule has 1 aliphatic rings. The second kappa shape index (κ2) is 5.89. The minimum Gasteiger partial charge on any atom is -0.444 e. The third-order valence-corrected chi connectivity index (χ3v) is 3.29. The van der Waals surface area contributed by atoms with Gasteiger partial charge in [0.25, 0.3) is 0 Å². The lowest BCUT2D eigenvalue weighted by molar-refractivity contribution is -0.0158. The van der Waals surface area contributed by atoms with Crippen molar-refractivity contribution in [1.82, 2.24) is 4.90 Å². The van der Waals surface area contributed by atoms with Gasteiger partial charge < -0.3 is 19.8 Å². The molecule has 1 aliphatic heterocycles. The molecule has 5 nitrogen and oxygen atoms in total. The highest BCUT2D eigenvalue weighted by molar-refractivity contribution is 5.68.